The Balaban J connectivity index is 2.52. The normalized spacial score (nSPS) is 46.3. The van der Waals surface area contributed by atoms with E-state index in [0.29, 0.717) is 6.04 Å². The molecule has 0 aliphatic carbocycles. The lowest BCUT2D eigenvalue weighted by Crippen LogP contribution is -2.00. The predicted molar refractivity (Wildman–Crippen MR) is 31.2 cm³/mol. The highest BCUT2D eigenvalue weighted by Gasteiger charge is 2.51. The van der Waals surface area contributed by atoms with Crippen molar-refractivity contribution in [1.82, 2.24) is 4.42 Å². The molecular weight excluding hydrogens is 110 g/mol. The first-order chi connectivity index (χ1) is 3.07. The van der Waals surface area contributed by atoms with Crippen LogP contribution >= 0.6 is 11.8 Å². The molecule has 0 saturated carbocycles. The van der Waals surface area contributed by atoms with E-state index in [0.717, 1.165) is 0 Å². The van der Waals surface area contributed by atoms with Crippen LogP contribution in [0.3, 0.4) is 0 Å². The van der Waals surface area contributed by atoms with Crippen molar-refractivity contribution in [2.45, 2.75) is 32.4 Å². The molecule has 0 aromatic heterocycles. The Morgan fingerprint density at radius 3 is 1.71 bits per heavy atom. The Morgan fingerprint density at radius 1 is 1.57 bits per heavy atom. The van der Waals surface area contributed by atoms with Gasteiger partial charge in [0.25, 0.3) is 0 Å². The minimum Gasteiger partial charge on any atom is -0.208 e. The van der Waals surface area contributed by atoms with E-state index in [2.05, 4.69) is 20.8 Å². The molecule has 0 aromatic rings. The van der Waals surface area contributed by atoms with Gasteiger partial charge in [-0.1, -0.05) is 0 Å². The molecule has 42 valence electrons. The van der Waals surface area contributed by atoms with Crippen LogP contribution in [-0.2, 0) is 0 Å². The highest BCUT2D eigenvalue weighted by Crippen LogP contribution is 2.41. The van der Waals surface area contributed by atoms with E-state index in [1.54, 1.807) is 0 Å². The molecule has 0 amide bonds. The second-order valence-electron chi connectivity index (χ2n) is 2.64. The van der Waals surface area contributed by atoms with E-state index < -0.39 is 0 Å². The van der Waals surface area contributed by atoms with Crippen molar-refractivity contribution in [3.05, 3.63) is 0 Å². The lowest BCUT2D eigenvalue weighted by molar-refractivity contribution is 0.650. The van der Waals surface area contributed by atoms with E-state index >= 15 is 0 Å². The summed E-state index contributed by atoms with van der Waals surface area (Å²) in [5.41, 5.74) is 0.265. The quantitative estimate of drug-likeness (QED) is 0.346. The molecule has 1 aliphatic rings. The fourth-order valence-corrected chi connectivity index (χ4v) is 0.966. The molecule has 1 nitrogen and oxygen atoms in total. The van der Waals surface area contributed by atoms with Gasteiger partial charge in [0.05, 0.1) is 0 Å². The fourth-order valence-electron chi connectivity index (χ4n) is 0.630. The zero-order valence-electron chi connectivity index (χ0n) is 4.90. The summed E-state index contributed by atoms with van der Waals surface area (Å²) in [5, 5.41) is 0. The SMILES string of the molecule is CC1N(Cl)C1(C)C. The third-order valence-electron chi connectivity index (χ3n) is 1.85. The van der Waals surface area contributed by atoms with E-state index in [-0.39, 0.29) is 5.54 Å². The van der Waals surface area contributed by atoms with E-state index in [9.17, 15) is 0 Å². The predicted octanol–water partition coefficient (Wildman–Crippen LogP) is 1.62. The summed E-state index contributed by atoms with van der Waals surface area (Å²) in [6, 6.07) is 0.564. The summed E-state index contributed by atoms with van der Waals surface area (Å²) in [5.74, 6) is 0. The third kappa shape index (κ3) is 0.556. The summed E-state index contributed by atoms with van der Waals surface area (Å²) < 4.78 is 1.83. The summed E-state index contributed by atoms with van der Waals surface area (Å²) in [6.45, 7) is 6.38. The Hall–Kier alpha value is 0.250. The average Bonchev–Trinajstić information content (AvgIpc) is 1.91. The van der Waals surface area contributed by atoms with Gasteiger partial charge >= 0.3 is 0 Å². The van der Waals surface area contributed by atoms with Gasteiger partial charge in [0.1, 0.15) is 0 Å². The number of rotatable bonds is 0. The number of hydrogen-bond donors (Lipinski definition) is 0. The molecule has 7 heavy (non-hydrogen) atoms. The summed E-state index contributed by atoms with van der Waals surface area (Å²) in [6.07, 6.45) is 0. The maximum atomic E-state index is 5.66. The first kappa shape index (κ1) is 5.39. The van der Waals surface area contributed by atoms with Crippen LogP contribution in [0.5, 0.6) is 0 Å². The van der Waals surface area contributed by atoms with Crippen LogP contribution in [0.25, 0.3) is 0 Å². The number of halogens is 1. The van der Waals surface area contributed by atoms with E-state index in [4.69, 9.17) is 11.8 Å². The molecule has 0 aromatic carbocycles. The van der Waals surface area contributed by atoms with Gasteiger partial charge in [0, 0.05) is 11.6 Å². The van der Waals surface area contributed by atoms with Crippen molar-refractivity contribution < 1.29 is 0 Å². The molecule has 0 bridgehead atoms. The van der Waals surface area contributed by atoms with Gasteiger partial charge in [-0.2, -0.15) is 0 Å². The summed E-state index contributed by atoms with van der Waals surface area (Å²) in [4.78, 5) is 0. The lowest BCUT2D eigenvalue weighted by Gasteiger charge is -1.91. The van der Waals surface area contributed by atoms with Crippen LogP contribution in [0.4, 0.5) is 0 Å². The van der Waals surface area contributed by atoms with Gasteiger partial charge in [-0.3, -0.25) is 0 Å². The molecule has 2 atom stereocenters. The smallest absolute Gasteiger partial charge is 0.0475 e. The van der Waals surface area contributed by atoms with Crippen LogP contribution in [-0.4, -0.2) is 16.0 Å². The van der Waals surface area contributed by atoms with Crippen molar-refractivity contribution in [2.24, 2.45) is 0 Å². The standard InChI is InChI=1S/C5H10ClN/c1-4-5(2,3)7(4)6/h4H,1-3H3. The summed E-state index contributed by atoms with van der Waals surface area (Å²) >= 11 is 5.66. The van der Waals surface area contributed by atoms with Crippen LogP contribution in [0.1, 0.15) is 20.8 Å². The molecule has 0 spiro atoms. The Labute approximate surface area is 49.4 Å². The topological polar surface area (TPSA) is 3.01 Å². The van der Waals surface area contributed by atoms with E-state index in [1.165, 1.54) is 0 Å². The Kier molecular flexibility index (Phi) is 0.884. The van der Waals surface area contributed by atoms with Crippen molar-refractivity contribution in [2.75, 3.05) is 0 Å². The van der Waals surface area contributed by atoms with Crippen LogP contribution in [0.2, 0.25) is 0 Å². The largest absolute Gasteiger partial charge is 0.208 e. The minimum absolute atomic E-state index is 0.265. The first-order valence-electron chi connectivity index (χ1n) is 2.52. The molecule has 0 radical (unpaired) electrons. The monoisotopic (exact) mass is 119 g/mol. The maximum Gasteiger partial charge on any atom is 0.0475 e. The maximum absolute atomic E-state index is 5.66. The average molecular weight is 120 g/mol. The van der Waals surface area contributed by atoms with Crippen molar-refractivity contribution in [3.8, 4) is 0 Å². The molecule has 1 rings (SSSR count). The van der Waals surface area contributed by atoms with E-state index in [1.807, 2.05) is 4.42 Å². The zero-order chi connectivity index (χ0) is 5.65. The van der Waals surface area contributed by atoms with Gasteiger partial charge in [0.2, 0.25) is 0 Å². The van der Waals surface area contributed by atoms with Gasteiger partial charge in [-0.05, 0) is 32.5 Å². The molecular formula is C5H10ClN. The molecule has 1 fully saturated rings. The van der Waals surface area contributed by atoms with Gasteiger partial charge in [-0.25, -0.2) is 4.42 Å². The Bertz CT molecular complexity index is 80.1. The third-order valence-corrected chi connectivity index (χ3v) is 2.57. The highest BCUT2D eigenvalue weighted by molar-refractivity contribution is 6.16. The zero-order valence-corrected chi connectivity index (χ0v) is 5.66. The first-order valence-corrected chi connectivity index (χ1v) is 2.85. The van der Waals surface area contributed by atoms with Gasteiger partial charge in [0.15, 0.2) is 0 Å². The minimum atomic E-state index is 0.265. The van der Waals surface area contributed by atoms with Crippen LogP contribution in [0.15, 0.2) is 0 Å². The molecule has 1 aliphatic heterocycles. The molecule has 1 heterocycles. The lowest BCUT2D eigenvalue weighted by atomic mass is 10.2. The molecule has 2 heteroatoms. The second-order valence-corrected chi connectivity index (χ2v) is 3.01. The van der Waals surface area contributed by atoms with Crippen molar-refractivity contribution in [3.63, 3.8) is 0 Å². The molecule has 0 N–H and O–H groups in total. The van der Waals surface area contributed by atoms with Gasteiger partial charge in [-0.15, -0.1) is 0 Å². The second kappa shape index (κ2) is 1.15. The Morgan fingerprint density at radius 2 is 1.71 bits per heavy atom. The van der Waals surface area contributed by atoms with Crippen molar-refractivity contribution in [1.29, 1.82) is 0 Å². The number of nitrogens with zero attached hydrogens (tertiary/aromatic N) is 1. The van der Waals surface area contributed by atoms with Gasteiger partial charge < -0.3 is 0 Å². The van der Waals surface area contributed by atoms with Crippen LogP contribution in [0, 0.1) is 0 Å². The fraction of sp³-hybridized carbons (Fsp3) is 1.00. The summed E-state index contributed by atoms with van der Waals surface area (Å²) in [7, 11) is 0. The molecule has 1 saturated heterocycles. The number of hydrogen-bond acceptors (Lipinski definition) is 1. The highest BCUT2D eigenvalue weighted by atomic mass is 35.5. The van der Waals surface area contributed by atoms with Crippen LogP contribution < -0.4 is 0 Å². The molecule has 2 unspecified atom stereocenters. The van der Waals surface area contributed by atoms with Crippen molar-refractivity contribution >= 4 is 11.8 Å².